The van der Waals surface area contributed by atoms with E-state index < -0.39 is 5.97 Å². The van der Waals surface area contributed by atoms with Gasteiger partial charge in [-0.1, -0.05) is 30.0 Å². The van der Waals surface area contributed by atoms with Crippen LogP contribution in [0.15, 0.2) is 58.7 Å². The predicted octanol–water partition coefficient (Wildman–Crippen LogP) is 2.87. The van der Waals surface area contributed by atoms with Crippen LogP contribution >= 0.6 is 11.8 Å². The van der Waals surface area contributed by atoms with Crippen molar-refractivity contribution in [2.75, 3.05) is 0 Å². The third-order valence-corrected chi connectivity index (χ3v) is 3.68. The van der Waals surface area contributed by atoms with Crippen molar-refractivity contribution in [3.05, 3.63) is 54.4 Å². The van der Waals surface area contributed by atoms with Crippen LogP contribution in [-0.4, -0.2) is 26.3 Å². The largest absolute Gasteiger partial charge is 0.478 e. The number of aromatic carboxylic acids is 1. The topological polar surface area (TPSA) is 76.0 Å². The molecule has 0 aliphatic heterocycles. The Morgan fingerprint density at radius 1 is 1.20 bits per heavy atom. The van der Waals surface area contributed by atoms with E-state index in [0.29, 0.717) is 5.03 Å². The molecular weight excluding hydrogens is 274 g/mol. The van der Waals surface area contributed by atoms with Crippen LogP contribution in [0.2, 0.25) is 0 Å². The van der Waals surface area contributed by atoms with Crippen LogP contribution in [0.4, 0.5) is 0 Å². The number of hydrogen-bond acceptors (Lipinski definition) is 5. The van der Waals surface area contributed by atoms with E-state index in [1.165, 1.54) is 24.0 Å². The van der Waals surface area contributed by atoms with Crippen LogP contribution < -0.4 is 0 Å². The molecule has 0 radical (unpaired) electrons. The summed E-state index contributed by atoms with van der Waals surface area (Å²) < 4.78 is 0. The summed E-state index contributed by atoms with van der Waals surface area (Å²) in [5.74, 6) is -0.966. The van der Waals surface area contributed by atoms with E-state index in [4.69, 9.17) is 5.11 Å². The molecule has 1 N–H and O–H groups in total. The van der Waals surface area contributed by atoms with Gasteiger partial charge in [0.2, 0.25) is 0 Å². The van der Waals surface area contributed by atoms with E-state index in [9.17, 15) is 4.79 Å². The Hall–Kier alpha value is -2.47. The van der Waals surface area contributed by atoms with Gasteiger partial charge >= 0.3 is 5.97 Å². The summed E-state index contributed by atoms with van der Waals surface area (Å²) in [5.41, 5.74) is 1.01. The number of fused-ring (bicyclic) bond motifs is 1. The maximum absolute atomic E-state index is 11.0. The summed E-state index contributed by atoms with van der Waals surface area (Å²) in [6, 6.07) is 10.7. The molecule has 0 saturated heterocycles. The average molecular weight is 283 g/mol. The summed E-state index contributed by atoms with van der Waals surface area (Å²) in [7, 11) is 0. The second-order valence-corrected chi connectivity index (χ2v) is 5.08. The lowest BCUT2D eigenvalue weighted by atomic mass is 10.2. The molecule has 6 heteroatoms. The third kappa shape index (κ3) is 2.46. The van der Waals surface area contributed by atoms with Crippen molar-refractivity contribution in [1.29, 1.82) is 0 Å². The monoisotopic (exact) mass is 283 g/mol. The van der Waals surface area contributed by atoms with Gasteiger partial charge in [-0.25, -0.2) is 9.78 Å². The van der Waals surface area contributed by atoms with Gasteiger partial charge in [-0.05, 0) is 18.2 Å². The SMILES string of the molecule is O=C(O)c1ccnc(Sc2cnnc3ccccc23)c1. The van der Waals surface area contributed by atoms with Crippen LogP contribution in [0.3, 0.4) is 0 Å². The van der Waals surface area contributed by atoms with E-state index >= 15 is 0 Å². The fourth-order valence-electron chi connectivity index (χ4n) is 1.77. The van der Waals surface area contributed by atoms with Crippen molar-refractivity contribution in [1.82, 2.24) is 15.2 Å². The van der Waals surface area contributed by atoms with Gasteiger partial charge in [-0.15, -0.1) is 0 Å². The lowest BCUT2D eigenvalue weighted by molar-refractivity contribution is 0.0696. The molecule has 20 heavy (non-hydrogen) atoms. The minimum Gasteiger partial charge on any atom is -0.478 e. The molecule has 98 valence electrons. The predicted molar refractivity (Wildman–Crippen MR) is 74.9 cm³/mol. The number of aromatic nitrogens is 3. The fourth-order valence-corrected chi connectivity index (χ4v) is 2.68. The fraction of sp³-hybridized carbons (Fsp3) is 0. The van der Waals surface area contributed by atoms with Crippen LogP contribution in [0.25, 0.3) is 10.9 Å². The minimum absolute atomic E-state index is 0.217. The van der Waals surface area contributed by atoms with Crippen LogP contribution in [0.5, 0.6) is 0 Å². The highest BCUT2D eigenvalue weighted by molar-refractivity contribution is 7.99. The maximum atomic E-state index is 11.0. The Bertz CT molecular complexity index is 787. The molecule has 0 atom stereocenters. The molecule has 5 nitrogen and oxygen atoms in total. The number of rotatable bonds is 3. The zero-order chi connectivity index (χ0) is 13.9. The molecule has 0 aliphatic rings. The number of carbonyl (C=O) groups is 1. The van der Waals surface area contributed by atoms with Crippen molar-refractivity contribution in [3.63, 3.8) is 0 Å². The van der Waals surface area contributed by atoms with Gasteiger partial charge in [0.05, 0.1) is 17.3 Å². The molecule has 0 bridgehead atoms. The number of carboxylic acids is 1. The second kappa shape index (κ2) is 5.26. The first-order valence-corrected chi connectivity index (χ1v) is 6.63. The standard InChI is InChI=1S/C14H9N3O2S/c18-14(19)9-5-6-15-13(7-9)20-12-8-16-17-11-4-2-1-3-10(11)12/h1-8H,(H,18,19). The molecule has 3 aromatic rings. The number of benzene rings is 1. The maximum Gasteiger partial charge on any atom is 0.335 e. The Morgan fingerprint density at radius 2 is 2.05 bits per heavy atom. The molecule has 0 unspecified atom stereocenters. The molecule has 0 spiro atoms. The highest BCUT2D eigenvalue weighted by Gasteiger charge is 2.08. The zero-order valence-corrected chi connectivity index (χ0v) is 11.0. The van der Waals surface area contributed by atoms with Gasteiger partial charge in [0.25, 0.3) is 0 Å². The van der Waals surface area contributed by atoms with Crippen molar-refractivity contribution < 1.29 is 9.90 Å². The molecule has 2 heterocycles. The zero-order valence-electron chi connectivity index (χ0n) is 10.2. The van der Waals surface area contributed by atoms with Crippen molar-refractivity contribution >= 4 is 28.6 Å². The van der Waals surface area contributed by atoms with E-state index in [1.54, 1.807) is 12.3 Å². The summed E-state index contributed by atoms with van der Waals surface area (Å²) in [5, 5.41) is 18.6. The molecule has 0 fully saturated rings. The van der Waals surface area contributed by atoms with Crippen molar-refractivity contribution in [3.8, 4) is 0 Å². The molecule has 3 rings (SSSR count). The first kappa shape index (κ1) is 12.6. The molecule has 1 aromatic carbocycles. The normalized spacial score (nSPS) is 10.6. The summed E-state index contributed by atoms with van der Waals surface area (Å²) >= 11 is 1.37. The van der Waals surface area contributed by atoms with E-state index in [0.717, 1.165) is 15.8 Å². The smallest absolute Gasteiger partial charge is 0.335 e. The quantitative estimate of drug-likeness (QED) is 0.796. The van der Waals surface area contributed by atoms with E-state index in [-0.39, 0.29) is 5.56 Å². The highest BCUT2D eigenvalue weighted by Crippen LogP contribution is 2.31. The third-order valence-electron chi connectivity index (χ3n) is 2.71. The van der Waals surface area contributed by atoms with Gasteiger partial charge < -0.3 is 5.11 Å². The Morgan fingerprint density at radius 3 is 2.90 bits per heavy atom. The van der Waals surface area contributed by atoms with Gasteiger partial charge in [0, 0.05) is 16.5 Å². The first-order valence-electron chi connectivity index (χ1n) is 5.81. The average Bonchev–Trinajstić information content (AvgIpc) is 2.48. The molecule has 0 amide bonds. The molecule has 2 aromatic heterocycles. The summed E-state index contributed by atoms with van der Waals surface area (Å²) in [6.07, 6.45) is 3.14. The summed E-state index contributed by atoms with van der Waals surface area (Å²) in [4.78, 5) is 16.0. The Labute approximate surface area is 118 Å². The van der Waals surface area contributed by atoms with E-state index in [2.05, 4.69) is 15.2 Å². The van der Waals surface area contributed by atoms with Gasteiger partial charge in [0.1, 0.15) is 5.03 Å². The second-order valence-electron chi connectivity index (χ2n) is 4.02. The lowest BCUT2D eigenvalue weighted by Crippen LogP contribution is -1.96. The number of hydrogen-bond donors (Lipinski definition) is 1. The van der Waals surface area contributed by atoms with Gasteiger partial charge in [0.15, 0.2) is 0 Å². The number of pyridine rings is 1. The Balaban J connectivity index is 2.01. The van der Waals surface area contributed by atoms with Crippen LogP contribution in [0, 0.1) is 0 Å². The molecule has 0 saturated carbocycles. The van der Waals surface area contributed by atoms with Crippen LogP contribution in [-0.2, 0) is 0 Å². The molecular formula is C14H9N3O2S. The minimum atomic E-state index is -0.966. The molecule has 0 aliphatic carbocycles. The van der Waals surface area contributed by atoms with Gasteiger partial charge in [-0.3, -0.25) is 0 Å². The van der Waals surface area contributed by atoms with Crippen molar-refractivity contribution in [2.24, 2.45) is 0 Å². The Kier molecular flexibility index (Phi) is 3.30. The highest BCUT2D eigenvalue weighted by atomic mass is 32.2. The van der Waals surface area contributed by atoms with Crippen molar-refractivity contribution in [2.45, 2.75) is 9.92 Å². The number of carboxylic acid groups (broad SMARTS) is 1. The first-order chi connectivity index (χ1) is 9.74. The lowest BCUT2D eigenvalue weighted by Gasteiger charge is -2.04. The number of nitrogens with zero attached hydrogens (tertiary/aromatic N) is 3. The van der Waals surface area contributed by atoms with Crippen LogP contribution in [0.1, 0.15) is 10.4 Å². The van der Waals surface area contributed by atoms with E-state index in [1.807, 2.05) is 24.3 Å². The van der Waals surface area contributed by atoms with Gasteiger partial charge in [-0.2, -0.15) is 10.2 Å². The summed E-state index contributed by atoms with van der Waals surface area (Å²) in [6.45, 7) is 0.